The molecule has 0 unspecified atom stereocenters. The van der Waals surface area contributed by atoms with Gasteiger partial charge >= 0.3 is 0 Å². The second-order valence-corrected chi connectivity index (χ2v) is 5.53. The van der Waals surface area contributed by atoms with Gasteiger partial charge in [0.2, 0.25) is 5.91 Å². The van der Waals surface area contributed by atoms with E-state index in [1.165, 1.54) is 11.3 Å². The van der Waals surface area contributed by atoms with Gasteiger partial charge in [0, 0.05) is 17.0 Å². The molecule has 1 amide bonds. The van der Waals surface area contributed by atoms with E-state index in [4.69, 9.17) is 23.1 Å². The molecule has 1 aromatic carbocycles. The van der Waals surface area contributed by atoms with E-state index in [0.29, 0.717) is 23.5 Å². The Kier molecular flexibility index (Phi) is 3.74. The SMILES string of the molecule is NC(=O)c1ccc(N)c(NCc2ccc(Cl)s2)c1. The van der Waals surface area contributed by atoms with Crippen LogP contribution in [0.25, 0.3) is 0 Å². The molecule has 2 rings (SSSR count). The fourth-order valence-electron chi connectivity index (χ4n) is 1.49. The quantitative estimate of drug-likeness (QED) is 0.754. The number of amides is 1. The van der Waals surface area contributed by atoms with Gasteiger partial charge in [-0.1, -0.05) is 11.6 Å². The third-order valence-electron chi connectivity index (χ3n) is 2.42. The molecule has 5 N–H and O–H groups in total. The summed E-state index contributed by atoms with van der Waals surface area (Å²) in [6.07, 6.45) is 0. The molecule has 0 aliphatic rings. The molecule has 0 radical (unpaired) electrons. The predicted octanol–water partition coefficient (Wildman–Crippen LogP) is 2.69. The Morgan fingerprint density at radius 1 is 1.33 bits per heavy atom. The van der Waals surface area contributed by atoms with Crippen LogP contribution in [-0.2, 0) is 6.54 Å². The van der Waals surface area contributed by atoms with E-state index in [9.17, 15) is 4.79 Å². The van der Waals surface area contributed by atoms with E-state index in [2.05, 4.69) is 5.32 Å². The van der Waals surface area contributed by atoms with Crippen LogP contribution in [0.15, 0.2) is 30.3 Å². The number of primary amides is 1. The molecule has 4 nitrogen and oxygen atoms in total. The van der Waals surface area contributed by atoms with Gasteiger partial charge in [-0.3, -0.25) is 4.79 Å². The van der Waals surface area contributed by atoms with E-state index in [1.807, 2.05) is 12.1 Å². The van der Waals surface area contributed by atoms with E-state index < -0.39 is 5.91 Å². The zero-order valence-corrected chi connectivity index (χ0v) is 11.0. The summed E-state index contributed by atoms with van der Waals surface area (Å²) in [4.78, 5) is 12.2. The third kappa shape index (κ3) is 2.94. The summed E-state index contributed by atoms with van der Waals surface area (Å²) < 4.78 is 0.741. The number of nitrogens with one attached hydrogen (secondary N) is 1. The summed E-state index contributed by atoms with van der Waals surface area (Å²) in [5.74, 6) is -0.475. The van der Waals surface area contributed by atoms with Crippen molar-refractivity contribution in [1.29, 1.82) is 0 Å². The van der Waals surface area contributed by atoms with Crippen LogP contribution in [0.1, 0.15) is 15.2 Å². The second kappa shape index (κ2) is 5.29. The number of halogens is 1. The molecule has 2 aromatic rings. The Bertz CT molecular complexity index is 582. The summed E-state index contributed by atoms with van der Waals surface area (Å²) in [5.41, 5.74) is 12.7. The van der Waals surface area contributed by atoms with Crippen LogP contribution < -0.4 is 16.8 Å². The van der Waals surface area contributed by atoms with Crippen molar-refractivity contribution in [2.24, 2.45) is 5.73 Å². The minimum atomic E-state index is -0.475. The molecule has 18 heavy (non-hydrogen) atoms. The molecule has 1 heterocycles. The van der Waals surface area contributed by atoms with E-state index >= 15 is 0 Å². The maximum atomic E-state index is 11.1. The molecule has 0 saturated heterocycles. The number of nitrogens with two attached hydrogens (primary N) is 2. The molecular weight excluding hydrogens is 270 g/mol. The first-order chi connectivity index (χ1) is 8.56. The van der Waals surface area contributed by atoms with Crippen LogP contribution in [0.4, 0.5) is 11.4 Å². The number of nitrogen functional groups attached to an aromatic ring is 1. The Hall–Kier alpha value is -1.72. The molecule has 0 spiro atoms. The number of carbonyl (C=O) groups is 1. The second-order valence-electron chi connectivity index (χ2n) is 3.73. The van der Waals surface area contributed by atoms with Gasteiger partial charge in [0.1, 0.15) is 0 Å². The highest BCUT2D eigenvalue weighted by atomic mass is 35.5. The highest BCUT2D eigenvalue weighted by Crippen LogP contribution is 2.24. The van der Waals surface area contributed by atoms with Gasteiger partial charge in [0.15, 0.2) is 0 Å². The number of hydrogen-bond donors (Lipinski definition) is 3. The lowest BCUT2D eigenvalue weighted by Gasteiger charge is -2.09. The van der Waals surface area contributed by atoms with Crippen LogP contribution in [0.5, 0.6) is 0 Å². The molecule has 6 heteroatoms. The largest absolute Gasteiger partial charge is 0.397 e. The van der Waals surface area contributed by atoms with E-state index in [0.717, 1.165) is 9.21 Å². The number of benzene rings is 1. The normalized spacial score (nSPS) is 10.3. The van der Waals surface area contributed by atoms with Crippen molar-refractivity contribution in [3.8, 4) is 0 Å². The van der Waals surface area contributed by atoms with Crippen LogP contribution in [-0.4, -0.2) is 5.91 Å². The van der Waals surface area contributed by atoms with Crippen LogP contribution in [0, 0.1) is 0 Å². The van der Waals surface area contributed by atoms with Gasteiger partial charge in [-0.25, -0.2) is 0 Å². The van der Waals surface area contributed by atoms with Crippen molar-refractivity contribution in [2.75, 3.05) is 11.1 Å². The average Bonchev–Trinajstić information content (AvgIpc) is 2.74. The maximum absolute atomic E-state index is 11.1. The van der Waals surface area contributed by atoms with E-state index in [-0.39, 0.29) is 0 Å². The lowest BCUT2D eigenvalue weighted by Crippen LogP contribution is -2.12. The Balaban J connectivity index is 2.13. The summed E-state index contributed by atoms with van der Waals surface area (Å²) in [6.45, 7) is 0.601. The van der Waals surface area contributed by atoms with Crippen molar-refractivity contribution >= 4 is 40.2 Å². The smallest absolute Gasteiger partial charge is 0.248 e. The molecule has 94 valence electrons. The predicted molar refractivity (Wildman–Crippen MR) is 76.0 cm³/mol. The van der Waals surface area contributed by atoms with Crippen molar-refractivity contribution < 1.29 is 4.79 Å². The standard InChI is InChI=1S/C12H12ClN3OS/c13-11-4-2-8(18-11)6-16-10-5-7(12(15)17)1-3-9(10)14/h1-5,16H,6,14H2,(H2,15,17). The van der Waals surface area contributed by atoms with Gasteiger partial charge in [0.05, 0.1) is 15.7 Å². The first-order valence-electron chi connectivity index (χ1n) is 5.23. The third-order valence-corrected chi connectivity index (χ3v) is 3.65. The number of carbonyl (C=O) groups excluding carboxylic acids is 1. The molecule has 0 bridgehead atoms. The van der Waals surface area contributed by atoms with Crippen LogP contribution in [0.2, 0.25) is 4.34 Å². The van der Waals surface area contributed by atoms with Gasteiger partial charge in [-0.2, -0.15) is 0 Å². The van der Waals surface area contributed by atoms with Gasteiger partial charge in [-0.15, -0.1) is 11.3 Å². The van der Waals surface area contributed by atoms with Gasteiger partial charge in [0.25, 0.3) is 0 Å². The van der Waals surface area contributed by atoms with Crippen molar-refractivity contribution in [2.45, 2.75) is 6.54 Å². The van der Waals surface area contributed by atoms with Gasteiger partial charge < -0.3 is 16.8 Å². The Morgan fingerprint density at radius 2 is 2.11 bits per heavy atom. The molecule has 0 atom stereocenters. The summed E-state index contributed by atoms with van der Waals surface area (Å²) in [7, 11) is 0. The van der Waals surface area contributed by atoms with Crippen molar-refractivity contribution in [3.05, 3.63) is 45.1 Å². The van der Waals surface area contributed by atoms with Crippen molar-refractivity contribution in [1.82, 2.24) is 0 Å². The lowest BCUT2D eigenvalue weighted by molar-refractivity contribution is 0.100. The zero-order chi connectivity index (χ0) is 13.1. The Labute approximate surface area is 114 Å². The van der Waals surface area contributed by atoms with E-state index in [1.54, 1.807) is 18.2 Å². The maximum Gasteiger partial charge on any atom is 0.248 e. The monoisotopic (exact) mass is 281 g/mol. The molecule has 0 saturated carbocycles. The topological polar surface area (TPSA) is 81.1 Å². The fourth-order valence-corrected chi connectivity index (χ4v) is 2.52. The Morgan fingerprint density at radius 3 is 2.72 bits per heavy atom. The number of rotatable bonds is 4. The number of thiophene rings is 1. The van der Waals surface area contributed by atoms with Gasteiger partial charge in [-0.05, 0) is 30.3 Å². The van der Waals surface area contributed by atoms with Crippen LogP contribution in [0.3, 0.4) is 0 Å². The average molecular weight is 282 g/mol. The zero-order valence-electron chi connectivity index (χ0n) is 9.44. The number of anilines is 2. The first-order valence-corrected chi connectivity index (χ1v) is 6.43. The highest BCUT2D eigenvalue weighted by molar-refractivity contribution is 7.16. The minimum absolute atomic E-state index is 0.427. The first kappa shape index (κ1) is 12.7. The van der Waals surface area contributed by atoms with Crippen LogP contribution >= 0.6 is 22.9 Å². The molecule has 1 aromatic heterocycles. The lowest BCUT2D eigenvalue weighted by atomic mass is 10.1. The summed E-state index contributed by atoms with van der Waals surface area (Å²) >= 11 is 7.34. The highest BCUT2D eigenvalue weighted by Gasteiger charge is 2.05. The molecular formula is C12H12ClN3OS. The molecule has 0 aliphatic carbocycles. The van der Waals surface area contributed by atoms with Crippen molar-refractivity contribution in [3.63, 3.8) is 0 Å². The summed E-state index contributed by atoms with van der Waals surface area (Å²) in [5, 5.41) is 3.16. The molecule has 0 fully saturated rings. The molecule has 0 aliphatic heterocycles. The minimum Gasteiger partial charge on any atom is -0.397 e. The fraction of sp³-hybridized carbons (Fsp3) is 0.0833. The number of hydrogen-bond acceptors (Lipinski definition) is 4. The summed E-state index contributed by atoms with van der Waals surface area (Å²) in [6, 6.07) is 8.68.